The molecule has 0 spiro atoms. The lowest BCUT2D eigenvalue weighted by Crippen LogP contribution is -2.40. The van der Waals surface area contributed by atoms with Gasteiger partial charge in [0.1, 0.15) is 0 Å². The topological polar surface area (TPSA) is 55.7 Å². The smallest absolute Gasteiger partial charge is 0.352 e. The molecule has 5 heteroatoms. The van der Waals surface area contributed by atoms with Gasteiger partial charge in [-0.3, -0.25) is 0 Å². The first-order chi connectivity index (χ1) is 8.75. The van der Waals surface area contributed by atoms with Gasteiger partial charge < -0.3 is 3.07 Å². The fourth-order valence-corrected chi connectivity index (χ4v) is 3.12. The molecule has 1 fully saturated rings. The van der Waals surface area contributed by atoms with Crippen LogP contribution in [0.3, 0.4) is 0 Å². The number of hydrogen-bond acceptors (Lipinski definition) is 4. The van der Waals surface area contributed by atoms with Crippen LogP contribution in [0.1, 0.15) is 31.2 Å². The Morgan fingerprint density at radius 1 is 1.28 bits per heavy atom. The Labute approximate surface area is 120 Å². The van der Waals surface area contributed by atoms with E-state index in [0.29, 0.717) is 5.56 Å². The molecule has 1 aliphatic rings. The zero-order valence-electron chi connectivity index (χ0n) is 9.84. The molecule has 0 saturated heterocycles. The quantitative estimate of drug-likeness (QED) is 0.608. The van der Waals surface area contributed by atoms with Gasteiger partial charge in [-0.2, -0.15) is 0 Å². The zero-order chi connectivity index (χ0) is 13.0. The fraction of sp³-hybridized carbons (Fsp3) is 0.462. The molecule has 1 aromatic rings. The number of benzene rings is 1. The lowest BCUT2D eigenvalue weighted by Gasteiger charge is -2.29. The molecule has 0 heterocycles. The summed E-state index contributed by atoms with van der Waals surface area (Å²) in [6.45, 7) is 0. The molecule has 1 unspecified atom stereocenters. The first-order valence-electron chi connectivity index (χ1n) is 5.98. The molecule has 1 aromatic carbocycles. The van der Waals surface area contributed by atoms with Crippen molar-refractivity contribution in [2.75, 3.05) is 0 Å². The molecule has 0 radical (unpaired) electrons. The average Bonchev–Trinajstić information content (AvgIpc) is 2.95. The predicted molar refractivity (Wildman–Crippen MR) is 76.0 cm³/mol. The highest BCUT2D eigenvalue weighted by Crippen LogP contribution is 2.44. The number of carbonyl (C=O) groups excluding carboxylic acids is 1. The van der Waals surface area contributed by atoms with Gasteiger partial charge in [-0.1, -0.05) is 43.2 Å². The molecular formula is C13H14INO3. The summed E-state index contributed by atoms with van der Waals surface area (Å²) in [5.74, 6) is -0.615. The van der Waals surface area contributed by atoms with Crippen molar-refractivity contribution in [1.82, 2.24) is 0 Å². The minimum absolute atomic E-state index is 0.0559. The Bertz CT molecular complexity index is 431. The third kappa shape index (κ3) is 2.15. The Kier molecular flexibility index (Phi) is 4.31. The summed E-state index contributed by atoms with van der Waals surface area (Å²) in [6, 6.07) is 9.01. The van der Waals surface area contributed by atoms with Gasteiger partial charge in [-0.15, -0.1) is 4.91 Å². The van der Waals surface area contributed by atoms with Gasteiger partial charge in [-0.05, 0) is 23.6 Å². The summed E-state index contributed by atoms with van der Waals surface area (Å²) in [7, 11) is 0. The summed E-state index contributed by atoms with van der Waals surface area (Å²) in [4.78, 5) is 23.6. The standard InChI is InChI=1S/C13H14INO3/c14-18-12(16)13(15-17,11-8-4-5-9-11)10-6-2-1-3-7-10/h1-3,6-7,11H,4-5,8-9H2. The lowest BCUT2D eigenvalue weighted by atomic mass is 9.77. The van der Waals surface area contributed by atoms with Crippen molar-refractivity contribution in [3.8, 4) is 0 Å². The van der Waals surface area contributed by atoms with Crippen molar-refractivity contribution in [2.45, 2.75) is 31.2 Å². The molecule has 0 N–H and O–H groups in total. The number of hydrogen-bond donors (Lipinski definition) is 0. The van der Waals surface area contributed by atoms with E-state index in [2.05, 4.69) is 5.18 Å². The van der Waals surface area contributed by atoms with Crippen molar-refractivity contribution < 1.29 is 7.86 Å². The highest BCUT2D eigenvalue weighted by molar-refractivity contribution is 14.1. The van der Waals surface area contributed by atoms with Crippen LogP contribution in [0.5, 0.6) is 0 Å². The van der Waals surface area contributed by atoms with Crippen LogP contribution >= 0.6 is 23.0 Å². The Balaban J connectivity index is 2.50. The van der Waals surface area contributed by atoms with E-state index < -0.39 is 11.5 Å². The minimum Gasteiger partial charge on any atom is -0.392 e. The molecular weight excluding hydrogens is 345 g/mol. The molecule has 0 amide bonds. The number of nitrogens with zero attached hydrogens (tertiary/aromatic N) is 1. The van der Waals surface area contributed by atoms with Crippen molar-refractivity contribution in [2.24, 2.45) is 11.1 Å². The van der Waals surface area contributed by atoms with E-state index in [4.69, 9.17) is 3.07 Å². The van der Waals surface area contributed by atoms with E-state index >= 15 is 0 Å². The van der Waals surface area contributed by atoms with Crippen LogP contribution < -0.4 is 0 Å². The minimum atomic E-state index is -1.38. The van der Waals surface area contributed by atoms with Crippen molar-refractivity contribution in [3.63, 3.8) is 0 Å². The lowest BCUT2D eigenvalue weighted by molar-refractivity contribution is -0.139. The average molecular weight is 359 g/mol. The van der Waals surface area contributed by atoms with E-state index in [1.54, 1.807) is 12.1 Å². The van der Waals surface area contributed by atoms with Gasteiger partial charge in [0.15, 0.2) is 23.0 Å². The largest absolute Gasteiger partial charge is 0.392 e. The summed E-state index contributed by atoms with van der Waals surface area (Å²) < 4.78 is 4.81. The van der Waals surface area contributed by atoms with Crippen molar-refractivity contribution in [1.29, 1.82) is 0 Å². The summed E-state index contributed by atoms with van der Waals surface area (Å²) in [5.41, 5.74) is -0.743. The van der Waals surface area contributed by atoms with Crippen LogP contribution in [-0.4, -0.2) is 5.97 Å². The van der Waals surface area contributed by atoms with Crippen molar-refractivity contribution >= 4 is 29.0 Å². The van der Waals surface area contributed by atoms with E-state index in [1.807, 2.05) is 18.2 Å². The monoisotopic (exact) mass is 359 g/mol. The first-order valence-corrected chi connectivity index (χ1v) is 6.87. The second-order valence-electron chi connectivity index (χ2n) is 4.57. The van der Waals surface area contributed by atoms with Gasteiger partial charge >= 0.3 is 5.97 Å². The van der Waals surface area contributed by atoms with Crippen molar-refractivity contribution in [3.05, 3.63) is 40.8 Å². The maximum atomic E-state index is 12.1. The Hall–Kier alpha value is -0.980. The predicted octanol–water partition coefficient (Wildman–Crippen LogP) is 3.73. The molecule has 96 valence electrons. The maximum absolute atomic E-state index is 12.1. The van der Waals surface area contributed by atoms with Gasteiger partial charge in [0.05, 0.1) is 0 Å². The maximum Gasteiger partial charge on any atom is 0.352 e. The van der Waals surface area contributed by atoms with E-state index in [9.17, 15) is 9.70 Å². The van der Waals surface area contributed by atoms with E-state index in [0.717, 1.165) is 25.7 Å². The zero-order valence-corrected chi connectivity index (χ0v) is 12.0. The van der Waals surface area contributed by atoms with Gasteiger partial charge in [-0.25, -0.2) is 4.79 Å². The number of halogens is 1. The van der Waals surface area contributed by atoms with Gasteiger partial charge in [0.25, 0.3) is 0 Å². The third-order valence-electron chi connectivity index (χ3n) is 3.69. The van der Waals surface area contributed by atoms with E-state index in [-0.39, 0.29) is 5.92 Å². The second-order valence-corrected chi connectivity index (χ2v) is 5.01. The summed E-state index contributed by atoms with van der Waals surface area (Å²) >= 11 is 1.53. The van der Waals surface area contributed by atoms with Crippen LogP contribution in [0, 0.1) is 10.8 Å². The number of nitroso groups, excluding NO2 is 1. The molecule has 18 heavy (non-hydrogen) atoms. The van der Waals surface area contributed by atoms with Crippen LogP contribution in [0.2, 0.25) is 0 Å². The van der Waals surface area contributed by atoms with Crippen LogP contribution in [0.25, 0.3) is 0 Å². The highest BCUT2D eigenvalue weighted by atomic mass is 127. The van der Waals surface area contributed by atoms with Crippen LogP contribution in [0.4, 0.5) is 0 Å². The Morgan fingerprint density at radius 2 is 1.89 bits per heavy atom. The second kappa shape index (κ2) is 5.77. The third-order valence-corrected chi connectivity index (χ3v) is 4.09. The first kappa shape index (κ1) is 13.5. The normalized spacial score (nSPS) is 19.2. The molecule has 1 aliphatic carbocycles. The highest BCUT2D eigenvalue weighted by Gasteiger charge is 2.51. The number of rotatable bonds is 4. The molecule has 1 saturated carbocycles. The van der Waals surface area contributed by atoms with Gasteiger partial charge in [0, 0.05) is 5.92 Å². The molecule has 1 atom stereocenters. The van der Waals surface area contributed by atoms with Gasteiger partial charge in [0.2, 0.25) is 5.54 Å². The summed E-state index contributed by atoms with van der Waals surface area (Å²) in [5, 5.41) is 3.21. The van der Waals surface area contributed by atoms with Crippen LogP contribution in [0.15, 0.2) is 35.5 Å². The molecule has 0 bridgehead atoms. The molecule has 4 nitrogen and oxygen atoms in total. The SMILES string of the molecule is O=NC(C(=O)OI)(c1ccccc1)C1CCCC1. The van der Waals surface area contributed by atoms with E-state index in [1.165, 1.54) is 23.0 Å². The fourth-order valence-electron chi connectivity index (χ4n) is 2.78. The molecule has 0 aliphatic heterocycles. The Morgan fingerprint density at radius 3 is 2.39 bits per heavy atom. The molecule has 2 rings (SSSR count). The van der Waals surface area contributed by atoms with Crippen LogP contribution in [-0.2, 0) is 13.4 Å². The summed E-state index contributed by atoms with van der Waals surface area (Å²) in [6.07, 6.45) is 3.74. The number of carbonyl (C=O) groups is 1. The molecule has 0 aromatic heterocycles.